The molecule has 1 heterocycles. The van der Waals surface area contributed by atoms with Gasteiger partial charge in [-0.3, -0.25) is 4.98 Å². The first-order chi connectivity index (χ1) is 13.6. The summed E-state index contributed by atoms with van der Waals surface area (Å²) >= 11 is 12.0. The van der Waals surface area contributed by atoms with Crippen molar-refractivity contribution in [3.05, 3.63) is 76.0 Å². The topological polar surface area (TPSA) is 69.5 Å². The number of guanidine groups is 1. The normalized spacial score (nSPS) is 12.8. The second-order valence-electron chi connectivity index (χ2n) is 6.27. The Morgan fingerprint density at radius 3 is 2.61 bits per heavy atom. The van der Waals surface area contributed by atoms with E-state index < -0.39 is 6.10 Å². The molecule has 0 spiro atoms. The predicted molar refractivity (Wildman–Crippen MR) is 116 cm³/mol. The Morgan fingerprint density at radius 1 is 1.11 bits per heavy atom. The zero-order chi connectivity index (χ0) is 19.9. The molecule has 0 radical (unpaired) electrons. The molecule has 0 fully saturated rings. The molecule has 0 aliphatic rings. The van der Waals surface area contributed by atoms with Crippen molar-refractivity contribution in [2.45, 2.75) is 19.6 Å². The fourth-order valence-corrected chi connectivity index (χ4v) is 3.43. The molecule has 7 heteroatoms. The number of rotatable bonds is 6. The highest BCUT2D eigenvalue weighted by atomic mass is 35.5. The number of aliphatic hydroxyl groups excluding tert-OH is 1. The average Bonchev–Trinajstić information content (AvgIpc) is 2.69. The molecule has 0 aliphatic carbocycles. The minimum absolute atomic E-state index is 0.269. The number of aliphatic imine (C=N–C) groups is 1. The van der Waals surface area contributed by atoms with Gasteiger partial charge in [0.2, 0.25) is 0 Å². The number of aromatic nitrogens is 1. The Bertz CT molecular complexity index is 952. The third-order valence-corrected chi connectivity index (χ3v) is 4.66. The van der Waals surface area contributed by atoms with E-state index in [-0.39, 0.29) is 6.54 Å². The van der Waals surface area contributed by atoms with Crippen LogP contribution >= 0.6 is 23.2 Å². The molecule has 0 amide bonds. The molecule has 1 unspecified atom stereocenters. The first kappa shape index (κ1) is 20.4. The third kappa shape index (κ3) is 5.35. The lowest BCUT2D eigenvalue weighted by Crippen LogP contribution is -2.39. The lowest BCUT2D eigenvalue weighted by atomic mass is 10.1. The average molecular weight is 417 g/mol. The maximum Gasteiger partial charge on any atom is 0.191 e. The van der Waals surface area contributed by atoms with Crippen molar-refractivity contribution in [3.63, 3.8) is 0 Å². The van der Waals surface area contributed by atoms with Crippen LogP contribution in [0.4, 0.5) is 0 Å². The number of nitrogens with one attached hydrogen (secondary N) is 2. The molecule has 3 N–H and O–H groups in total. The fraction of sp³-hybridized carbons (Fsp3) is 0.238. The number of hydrogen-bond donors (Lipinski definition) is 3. The number of aliphatic hydroxyl groups is 1. The van der Waals surface area contributed by atoms with Crippen LogP contribution in [-0.2, 0) is 6.54 Å². The predicted octanol–water partition coefficient (Wildman–Crippen LogP) is 4.33. The van der Waals surface area contributed by atoms with E-state index in [2.05, 4.69) is 26.7 Å². The molecule has 0 aliphatic heterocycles. The van der Waals surface area contributed by atoms with E-state index in [4.69, 9.17) is 23.2 Å². The van der Waals surface area contributed by atoms with E-state index in [1.54, 1.807) is 24.4 Å². The van der Waals surface area contributed by atoms with Crippen LogP contribution in [0.25, 0.3) is 10.8 Å². The number of pyridine rings is 1. The fourth-order valence-electron chi connectivity index (χ4n) is 2.88. The van der Waals surface area contributed by atoms with Crippen LogP contribution in [0.3, 0.4) is 0 Å². The van der Waals surface area contributed by atoms with Crippen molar-refractivity contribution in [2.75, 3.05) is 13.1 Å². The standard InChI is InChI=1S/C21H22Cl2N4O/c1-2-24-21(27-13-20(28)15-9-16(22)11-17(23)10-15)26-12-19-18-6-4-3-5-14(18)7-8-25-19/h3-11,20,28H,2,12-13H2,1H3,(H2,24,26,27). The molecular formula is C21H22Cl2N4O. The summed E-state index contributed by atoms with van der Waals surface area (Å²) in [5.74, 6) is 0.601. The van der Waals surface area contributed by atoms with E-state index in [1.807, 2.05) is 31.2 Å². The molecule has 5 nitrogen and oxygen atoms in total. The monoisotopic (exact) mass is 416 g/mol. The molecule has 1 aromatic heterocycles. The van der Waals surface area contributed by atoms with Crippen molar-refractivity contribution >= 4 is 39.9 Å². The van der Waals surface area contributed by atoms with Gasteiger partial charge in [0.05, 0.1) is 18.3 Å². The molecule has 0 saturated carbocycles. The summed E-state index contributed by atoms with van der Waals surface area (Å²) in [5, 5.41) is 20.0. The molecule has 1 atom stereocenters. The van der Waals surface area contributed by atoms with Crippen molar-refractivity contribution in [3.8, 4) is 0 Å². The first-order valence-corrected chi connectivity index (χ1v) is 9.81. The molecule has 0 bridgehead atoms. The van der Waals surface area contributed by atoms with E-state index in [9.17, 15) is 5.11 Å². The van der Waals surface area contributed by atoms with Crippen molar-refractivity contribution in [2.24, 2.45) is 4.99 Å². The van der Waals surface area contributed by atoms with Gasteiger partial charge in [-0.15, -0.1) is 0 Å². The van der Waals surface area contributed by atoms with Crippen molar-refractivity contribution in [1.82, 2.24) is 15.6 Å². The van der Waals surface area contributed by atoms with E-state index >= 15 is 0 Å². The molecule has 3 rings (SSSR count). The molecule has 3 aromatic rings. The Morgan fingerprint density at radius 2 is 1.86 bits per heavy atom. The summed E-state index contributed by atoms with van der Waals surface area (Å²) < 4.78 is 0. The van der Waals surface area contributed by atoms with E-state index in [0.717, 1.165) is 16.5 Å². The zero-order valence-electron chi connectivity index (χ0n) is 15.5. The number of halogens is 2. The Labute approximate surface area is 174 Å². The van der Waals surface area contributed by atoms with Gasteiger partial charge < -0.3 is 15.7 Å². The second-order valence-corrected chi connectivity index (χ2v) is 7.15. The minimum atomic E-state index is -0.768. The maximum atomic E-state index is 10.4. The molecule has 146 valence electrons. The van der Waals surface area contributed by atoms with Gasteiger partial charge in [-0.1, -0.05) is 47.5 Å². The van der Waals surface area contributed by atoms with Gasteiger partial charge >= 0.3 is 0 Å². The summed E-state index contributed by atoms with van der Waals surface area (Å²) in [7, 11) is 0. The van der Waals surface area contributed by atoms with Crippen LogP contribution in [0.5, 0.6) is 0 Å². The van der Waals surface area contributed by atoms with E-state index in [1.165, 1.54) is 0 Å². The lowest BCUT2D eigenvalue weighted by Gasteiger charge is -2.16. The zero-order valence-corrected chi connectivity index (χ0v) is 17.0. The molecular weight excluding hydrogens is 395 g/mol. The van der Waals surface area contributed by atoms with Gasteiger partial charge in [-0.05, 0) is 42.1 Å². The van der Waals surface area contributed by atoms with Crippen LogP contribution in [-0.4, -0.2) is 29.1 Å². The van der Waals surface area contributed by atoms with Crippen LogP contribution in [0.15, 0.2) is 59.7 Å². The Balaban J connectivity index is 1.70. The third-order valence-electron chi connectivity index (χ3n) is 4.22. The van der Waals surface area contributed by atoms with Crippen LogP contribution in [0.2, 0.25) is 10.0 Å². The van der Waals surface area contributed by atoms with Gasteiger partial charge in [-0.2, -0.15) is 0 Å². The smallest absolute Gasteiger partial charge is 0.191 e. The number of hydrogen-bond acceptors (Lipinski definition) is 3. The highest BCUT2D eigenvalue weighted by Gasteiger charge is 2.11. The van der Waals surface area contributed by atoms with Gasteiger partial charge in [0.25, 0.3) is 0 Å². The highest BCUT2D eigenvalue weighted by molar-refractivity contribution is 6.34. The summed E-state index contributed by atoms with van der Waals surface area (Å²) in [5.41, 5.74) is 1.55. The maximum absolute atomic E-state index is 10.4. The quantitative estimate of drug-likeness (QED) is 0.413. The first-order valence-electron chi connectivity index (χ1n) is 9.05. The number of fused-ring (bicyclic) bond motifs is 1. The van der Waals surface area contributed by atoms with E-state index in [0.29, 0.717) is 34.7 Å². The number of nitrogens with zero attached hydrogens (tertiary/aromatic N) is 2. The van der Waals surface area contributed by atoms with Gasteiger partial charge in [0, 0.05) is 34.7 Å². The highest BCUT2D eigenvalue weighted by Crippen LogP contribution is 2.23. The van der Waals surface area contributed by atoms with Crippen LogP contribution in [0.1, 0.15) is 24.3 Å². The Hall–Kier alpha value is -2.34. The molecule has 0 saturated heterocycles. The Kier molecular flexibility index (Phi) is 7.09. The van der Waals surface area contributed by atoms with Gasteiger partial charge in [0.15, 0.2) is 5.96 Å². The summed E-state index contributed by atoms with van der Waals surface area (Å²) in [6.07, 6.45) is 1.02. The van der Waals surface area contributed by atoms with Gasteiger partial charge in [-0.25, -0.2) is 4.99 Å². The number of benzene rings is 2. The van der Waals surface area contributed by atoms with Crippen molar-refractivity contribution in [1.29, 1.82) is 0 Å². The summed E-state index contributed by atoms with van der Waals surface area (Å²) in [4.78, 5) is 9.06. The van der Waals surface area contributed by atoms with Crippen LogP contribution in [0, 0.1) is 0 Å². The lowest BCUT2D eigenvalue weighted by molar-refractivity contribution is 0.181. The molecule has 2 aromatic carbocycles. The second kappa shape index (κ2) is 9.73. The van der Waals surface area contributed by atoms with Crippen LogP contribution < -0.4 is 10.6 Å². The summed E-state index contributed by atoms with van der Waals surface area (Å²) in [6, 6.07) is 15.1. The van der Waals surface area contributed by atoms with Crippen molar-refractivity contribution < 1.29 is 5.11 Å². The van der Waals surface area contributed by atoms with Gasteiger partial charge in [0.1, 0.15) is 0 Å². The summed E-state index contributed by atoms with van der Waals surface area (Å²) in [6.45, 7) is 3.38. The molecule has 28 heavy (non-hydrogen) atoms. The largest absolute Gasteiger partial charge is 0.387 e. The minimum Gasteiger partial charge on any atom is -0.387 e. The SMILES string of the molecule is CCNC(=NCc1nccc2ccccc12)NCC(O)c1cc(Cl)cc(Cl)c1.